The van der Waals surface area contributed by atoms with Gasteiger partial charge in [-0.3, -0.25) is 9.69 Å². The zero-order valence-electron chi connectivity index (χ0n) is 21.3. The van der Waals surface area contributed by atoms with Crippen molar-refractivity contribution in [1.82, 2.24) is 19.2 Å². The quantitative estimate of drug-likeness (QED) is 0.274. The molecule has 0 unspecified atom stereocenters. The van der Waals surface area contributed by atoms with E-state index in [1.807, 2.05) is 45.8 Å². The van der Waals surface area contributed by atoms with Crippen LogP contribution in [0.15, 0.2) is 66.9 Å². The molecule has 1 aliphatic carbocycles. The summed E-state index contributed by atoms with van der Waals surface area (Å²) in [5.41, 5.74) is 3.86. The number of piperazine rings is 1. The number of pyridine rings is 1. The third kappa shape index (κ3) is 5.28. The number of aromatic nitrogens is 2. The maximum atomic E-state index is 13.4. The summed E-state index contributed by atoms with van der Waals surface area (Å²) < 4.78 is 42.1. The van der Waals surface area contributed by atoms with E-state index < -0.39 is 11.7 Å². The average molecular weight is 553 g/mol. The number of halogens is 4. The van der Waals surface area contributed by atoms with Gasteiger partial charge in [0, 0.05) is 55.4 Å². The lowest BCUT2D eigenvalue weighted by Crippen LogP contribution is -2.50. The first kappa shape index (κ1) is 25.9. The molecule has 2 fully saturated rings. The van der Waals surface area contributed by atoms with E-state index in [1.54, 1.807) is 12.1 Å². The molecule has 0 N–H and O–H groups in total. The smallest absolute Gasteiger partial charge is 0.340 e. The first-order valence-corrected chi connectivity index (χ1v) is 13.6. The minimum atomic E-state index is -4.41. The number of alkyl halides is 3. The molecule has 202 valence electrons. The minimum absolute atomic E-state index is 0.195. The third-order valence-electron chi connectivity index (χ3n) is 7.87. The molecule has 4 aromatic rings. The van der Waals surface area contributed by atoms with Crippen molar-refractivity contribution in [3.63, 3.8) is 0 Å². The van der Waals surface area contributed by atoms with Crippen LogP contribution in [0.4, 0.5) is 13.2 Å². The summed E-state index contributed by atoms with van der Waals surface area (Å²) in [4.78, 5) is 21.9. The van der Waals surface area contributed by atoms with Gasteiger partial charge in [0.1, 0.15) is 5.65 Å². The van der Waals surface area contributed by atoms with Crippen molar-refractivity contribution in [3.05, 3.63) is 83.1 Å². The normalized spacial score (nSPS) is 17.0. The molecular weight excluding hydrogens is 525 g/mol. The van der Waals surface area contributed by atoms with E-state index in [0.717, 1.165) is 55.4 Å². The highest BCUT2D eigenvalue weighted by Gasteiger charge is 2.32. The number of nitrogens with zero attached hydrogens (tertiary/aromatic N) is 4. The molecule has 6 rings (SSSR count). The van der Waals surface area contributed by atoms with Gasteiger partial charge >= 0.3 is 6.18 Å². The summed E-state index contributed by atoms with van der Waals surface area (Å²) in [7, 11) is 0. The highest BCUT2D eigenvalue weighted by atomic mass is 35.5. The van der Waals surface area contributed by atoms with E-state index in [-0.39, 0.29) is 11.8 Å². The summed E-state index contributed by atoms with van der Waals surface area (Å²) in [6.07, 6.45) is 0.590. The fourth-order valence-corrected chi connectivity index (χ4v) is 5.51. The number of carbonyl (C=O) groups excluding carboxylic acids is 1. The van der Waals surface area contributed by atoms with Gasteiger partial charge in [-0.2, -0.15) is 13.2 Å². The number of hydrogen-bond donors (Lipinski definition) is 0. The van der Waals surface area contributed by atoms with Gasteiger partial charge in [0.05, 0.1) is 17.0 Å². The van der Waals surface area contributed by atoms with Crippen LogP contribution < -0.4 is 0 Å². The van der Waals surface area contributed by atoms with Crippen molar-refractivity contribution < 1.29 is 18.0 Å². The Morgan fingerprint density at radius 2 is 1.64 bits per heavy atom. The Labute approximate surface area is 229 Å². The van der Waals surface area contributed by atoms with Crippen LogP contribution in [0, 0.1) is 5.92 Å². The molecule has 0 spiro atoms. The van der Waals surface area contributed by atoms with Crippen molar-refractivity contribution >= 4 is 23.2 Å². The second-order valence-electron chi connectivity index (χ2n) is 10.4. The van der Waals surface area contributed by atoms with E-state index in [4.69, 9.17) is 16.6 Å². The second kappa shape index (κ2) is 10.3. The van der Waals surface area contributed by atoms with Gasteiger partial charge in [0.25, 0.3) is 0 Å². The number of benzene rings is 2. The molecule has 39 heavy (non-hydrogen) atoms. The van der Waals surface area contributed by atoms with E-state index in [2.05, 4.69) is 4.90 Å². The molecular formula is C30H28ClF3N4O. The molecule has 0 radical (unpaired) electrons. The van der Waals surface area contributed by atoms with Crippen LogP contribution in [0.25, 0.3) is 28.0 Å². The highest BCUT2D eigenvalue weighted by Crippen LogP contribution is 2.34. The second-order valence-corrected chi connectivity index (χ2v) is 10.8. The Hall–Kier alpha value is -3.36. The maximum Gasteiger partial charge on any atom is 0.416 e. The molecule has 1 amide bonds. The van der Waals surface area contributed by atoms with E-state index >= 15 is 0 Å². The standard InChI is InChI=1S/C30H28ClF3N4O/c31-25-10-7-20(8-11-25)28-26(19-36-13-15-37(16-14-36)29(39)21-3-1-4-21)38-18-23(9-12-27(38)35-28)22-5-2-6-24(17-22)30(32,33)34/h2,5-12,17-18,21H,1,3-4,13-16,19H2. The third-order valence-corrected chi connectivity index (χ3v) is 8.12. The van der Waals surface area contributed by atoms with Crippen molar-refractivity contribution in [3.8, 4) is 22.4 Å². The zero-order valence-corrected chi connectivity index (χ0v) is 22.0. The highest BCUT2D eigenvalue weighted by molar-refractivity contribution is 6.30. The monoisotopic (exact) mass is 552 g/mol. The Morgan fingerprint density at radius 3 is 2.31 bits per heavy atom. The maximum absolute atomic E-state index is 13.4. The van der Waals surface area contributed by atoms with E-state index in [0.29, 0.717) is 41.4 Å². The predicted molar refractivity (Wildman–Crippen MR) is 145 cm³/mol. The van der Waals surface area contributed by atoms with Crippen LogP contribution in [0.3, 0.4) is 0 Å². The lowest BCUT2D eigenvalue weighted by atomic mass is 9.84. The summed E-state index contributed by atoms with van der Waals surface area (Å²) in [5.74, 6) is 0.476. The van der Waals surface area contributed by atoms with Crippen LogP contribution in [-0.4, -0.2) is 51.3 Å². The van der Waals surface area contributed by atoms with Crippen LogP contribution in [0.1, 0.15) is 30.5 Å². The Bertz CT molecular complexity index is 1500. The lowest BCUT2D eigenvalue weighted by Gasteiger charge is -2.38. The predicted octanol–water partition coefficient (Wildman–Crippen LogP) is 6.78. The van der Waals surface area contributed by atoms with Crippen molar-refractivity contribution in [2.24, 2.45) is 5.92 Å². The fraction of sp³-hybridized carbons (Fsp3) is 0.333. The molecule has 3 heterocycles. The van der Waals surface area contributed by atoms with Gasteiger partial charge < -0.3 is 9.30 Å². The topological polar surface area (TPSA) is 40.9 Å². The van der Waals surface area contributed by atoms with Gasteiger partial charge in [-0.1, -0.05) is 42.3 Å². The van der Waals surface area contributed by atoms with Crippen LogP contribution in [0.2, 0.25) is 5.02 Å². The van der Waals surface area contributed by atoms with Gasteiger partial charge in [-0.15, -0.1) is 0 Å². The Balaban J connectivity index is 1.34. The summed E-state index contributed by atoms with van der Waals surface area (Å²) >= 11 is 6.14. The molecule has 1 saturated heterocycles. The summed E-state index contributed by atoms with van der Waals surface area (Å²) in [5, 5.41) is 0.628. The van der Waals surface area contributed by atoms with Crippen LogP contribution in [0.5, 0.6) is 0 Å². The molecule has 2 aromatic heterocycles. The van der Waals surface area contributed by atoms with Gasteiger partial charge in [-0.25, -0.2) is 4.98 Å². The zero-order chi connectivity index (χ0) is 27.1. The number of imidazole rings is 1. The number of hydrogen-bond acceptors (Lipinski definition) is 3. The van der Waals surface area contributed by atoms with E-state index in [1.165, 1.54) is 12.1 Å². The summed E-state index contributed by atoms with van der Waals surface area (Å²) in [6, 6.07) is 16.5. The van der Waals surface area contributed by atoms with Crippen LogP contribution in [-0.2, 0) is 17.5 Å². The molecule has 2 aromatic carbocycles. The van der Waals surface area contributed by atoms with Gasteiger partial charge in [0.15, 0.2) is 0 Å². The van der Waals surface area contributed by atoms with Crippen molar-refractivity contribution in [1.29, 1.82) is 0 Å². The van der Waals surface area contributed by atoms with Crippen molar-refractivity contribution in [2.45, 2.75) is 32.0 Å². The number of rotatable bonds is 5. The molecule has 1 saturated carbocycles. The first-order chi connectivity index (χ1) is 18.8. The molecule has 0 atom stereocenters. The van der Waals surface area contributed by atoms with Gasteiger partial charge in [-0.05, 0) is 60.4 Å². The first-order valence-electron chi connectivity index (χ1n) is 13.2. The average Bonchev–Trinajstić information content (AvgIpc) is 3.25. The molecule has 1 aliphatic heterocycles. The SMILES string of the molecule is O=C(C1CCC1)N1CCN(Cc2c(-c3ccc(Cl)cc3)nc3ccc(-c4cccc(C(F)(F)F)c4)cn23)CC1. The van der Waals surface area contributed by atoms with Crippen molar-refractivity contribution in [2.75, 3.05) is 26.2 Å². The van der Waals surface area contributed by atoms with Gasteiger partial charge in [0.2, 0.25) is 5.91 Å². The Morgan fingerprint density at radius 1 is 0.923 bits per heavy atom. The molecule has 9 heteroatoms. The minimum Gasteiger partial charge on any atom is -0.340 e. The molecule has 0 bridgehead atoms. The molecule has 2 aliphatic rings. The van der Waals surface area contributed by atoms with E-state index in [9.17, 15) is 18.0 Å². The van der Waals surface area contributed by atoms with Crippen LogP contribution >= 0.6 is 11.6 Å². The fourth-order valence-electron chi connectivity index (χ4n) is 5.38. The number of fused-ring (bicyclic) bond motifs is 1. The molecule has 5 nitrogen and oxygen atoms in total. The largest absolute Gasteiger partial charge is 0.416 e. The summed E-state index contributed by atoms with van der Waals surface area (Å²) in [6.45, 7) is 3.48. The number of amides is 1. The lowest BCUT2D eigenvalue weighted by molar-refractivity contribution is -0.140. The number of carbonyl (C=O) groups is 1. The Kier molecular flexibility index (Phi) is 6.85.